The van der Waals surface area contributed by atoms with Crippen molar-refractivity contribution in [2.75, 3.05) is 32.1 Å². The fourth-order valence-electron chi connectivity index (χ4n) is 3.57. The van der Waals surface area contributed by atoms with Gasteiger partial charge in [-0.05, 0) is 62.4 Å². The maximum absolute atomic E-state index is 6.06. The van der Waals surface area contributed by atoms with Crippen LogP contribution in [0.2, 0.25) is 5.02 Å². The van der Waals surface area contributed by atoms with Gasteiger partial charge in [0.25, 0.3) is 0 Å². The van der Waals surface area contributed by atoms with Crippen molar-refractivity contribution in [3.8, 4) is 5.75 Å². The maximum atomic E-state index is 6.06. The molecule has 0 unspecified atom stereocenters. The zero-order valence-electron chi connectivity index (χ0n) is 15.2. The van der Waals surface area contributed by atoms with Gasteiger partial charge in [0.1, 0.15) is 5.75 Å². The second-order valence-electron chi connectivity index (χ2n) is 6.97. The fraction of sp³-hybridized carbons (Fsp3) is 0.550. The van der Waals surface area contributed by atoms with Crippen molar-refractivity contribution in [1.29, 1.82) is 0 Å². The lowest BCUT2D eigenvalue weighted by atomic mass is 9.94. The van der Waals surface area contributed by atoms with Crippen LogP contribution >= 0.6 is 23.8 Å². The van der Waals surface area contributed by atoms with Crippen LogP contribution in [0.3, 0.4) is 0 Å². The molecule has 142 valence electrons. The Balaban J connectivity index is 1.69. The summed E-state index contributed by atoms with van der Waals surface area (Å²) in [5.41, 5.74) is 0.836. The van der Waals surface area contributed by atoms with Gasteiger partial charge in [0.2, 0.25) is 0 Å². The molecule has 1 aromatic carbocycles. The molecule has 0 saturated carbocycles. The molecule has 1 aliphatic heterocycles. The van der Waals surface area contributed by atoms with Crippen molar-refractivity contribution in [2.24, 2.45) is 5.92 Å². The SMILES string of the molecule is COc1cc(Cl)ccc1NC(=S)N(C[C@@H]1CC=CCC1)C[C@H]1CCCO1. The van der Waals surface area contributed by atoms with E-state index >= 15 is 0 Å². The third-order valence-electron chi connectivity index (χ3n) is 5.00. The number of nitrogens with one attached hydrogen (secondary N) is 1. The number of hydrogen-bond acceptors (Lipinski definition) is 3. The van der Waals surface area contributed by atoms with Crippen LogP contribution < -0.4 is 10.1 Å². The molecular formula is C20H27ClN2O2S. The Hall–Kier alpha value is -1.30. The van der Waals surface area contributed by atoms with Crippen LogP contribution in [0.25, 0.3) is 0 Å². The average Bonchev–Trinajstić information content (AvgIpc) is 3.16. The zero-order valence-corrected chi connectivity index (χ0v) is 16.8. The summed E-state index contributed by atoms with van der Waals surface area (Å²) in [4.78, 5) is 2.27. The second-order valence-corrected chi connectivity index (χ2v) is 7.79. The molecule has 0 spiro atoms. The number of benzene rings is 1. The van der Waals surface area contributed by atoms with Gasteiger partial charge in [-0.1, -0.05) is 23.8 Å². The molecular weight excluding hydrogens is 368 g/mol. The van der Waals surface area contributed by atoms with E-state index < -0.39 is 0 Å². The van der Waals surface area contributed by atoms with Gasteiger partial charge in [0, 0.05) is 30.8 Å². The lowest BCUT2D eigenvalue weighted by molar-refractivity contribution is 0.0882. The minimum atomic E-state index is 0.265. The third kappa shape index (κ3) is 5.35. The molecule has 1 aromatic rings. The predicted molar refractivity (Wildman–Crippen MR) is 111 cm³/mol. The summed E-state index contributed by atoms with van der Waals surface area (Å²) in [5.74, 6) is 1.32. The summed E-state index contributed by atoms with van der Waals surface area (Å²) in [5, 5.41) is 4.71. The van der Waals surface area contributed by atoms with E-state index in [9.17, 15) is 0 Å². The largest absolute Gasteiger partial charge is 0.495 e. The second kappa shape index (κ2) is 9.58. The molecule has 2 aliphatic rings. The van der Waals surface area contributed by atoms with Gasteiger partial charge in [-0.25, -0.2) is 0 Å². The van der Waals surface area contributed by atoms with Crippen LogP contribution in [0.1, 0.15) is 32.1 Å². The number of hydrogen-bond donors (Lipinski definition) is 1. The number of nitrogens with zero attached hydrogens (tertiary/aromatic N) is 1. The number of thiocarbonyl (C=S) groups is 1. The van der Waals surface area contributed by atoms with Crippen molar-refractivity contribution < 1.29 is 9.47 Å². The standard InChI is InChI=1S/C20H27ClN2O2S/c1-24-19-12-16(21)9-10-18(19)22-20(26)23(14-17-8-5-11-25-17)13-15-6-3-2-4-7-15/h2-3,9-10,12,15,17H,4-8,11,13-14H2,1H3,(H,22,26)/t15-,17-/m1/s1. The molecule has 1 heterocycles. The maximum Gasteiger partial charge on any atom is 0.173 e. The normalized spacial score (nSPS) is 22.2. The smallest absolute Gasteiger partial charge is 0.173 e. The molecule has 1 saturated heterocycles. The zero-order chi connectivity index (χ0) is 18.4. The van der Waals surface area contributed by atoms with E-state index in [4.69, 9.17) is 33.3 Å². The highest BCUT2D eigenvalue weighted by molar-refractivity contribution is 7.80. The highest BCUT2D eigenvalue weighted by Crippen LogP contribution is 2.29. The molecule has 4 nitrogen and oxygen atoms in total. The Bertz CT molecular complexity index is 647. The molecule has 26 heavy (non-hydrogen) atoms. The minimum absolute atomic E-state index is 0.265. The molecule has 0 bridgehead atoms. The summed E-state index contributed by atoms with van der Waals surface area (Å²) < 4.78 is 11.3. The van der Waals surface area contributed by atoms with Crippen molar-refractivity contribution >= 4 is 34.6 Å². The number of halogens is 1. The third-order valence-corrected chi connectivity index (χ3v) is 5.59. The van der Waals surface area contributed by atoms with Gasteiger partial charge in [-0.15, -0.1) is 0 Å². The summed E-state index contributed by atoms with van der Waals surface area (Å²) >= 11 is 11.8. The number of methoxy groups -OCH3 is 1. The number of allylic oxidation sites excluding steroid dienone is 2. The van der Waals surface area contributed by atoms with E-state index in [0.29, 0.717) is 16.7 Å². The number of anilines is 1. The first-order valence-electron chi connectivity index (χ1n) is 9.32. The van der Waals surface area contributed by atoms with Crippen molar-refractivity contribution in [3.05, 3.63) is 35.4 Å². The fourth-order valence-corrected chi connectivity index (χ4v) is 3.99. The average molecular weight is 395 g/mol. The molecule has 1 fully saturated rings. The van der Waals surface area contributed by atoms with E-state index in [1.165, 1.54) is 6.42 Å². The number of rotatable bonds is 6. The summed E-state index contributed by atoms with van der Waals surface area (Å²) in [6, 6.07) is 5.54. The first kappa shape index (κ1) is 19.5. The highest BCUT2D eigenvalue weighted by atomic mass is 35.5. The van der Waals surface area contributed by atoms with Gasteiger partial charge < -0.3 is 19.7 Å². The van der Waals surface area contributed by atoms with Crippen LogP contribution in [-0.4, -0.2) is 42.9 Å². The molecule has 1 N–H and O–H groups in total. The Morgan fingerprint density at radius 3 is 2.92 bits per heavy atom. The Morgan fingerprint density at radius 2 is 2.23 bits per heavy atom. The predicted octanol–water partition coefficient (Wildman–Crippen LogP) is 4.88. The van der Waals surface area contributed by atoms with Gasteiger partial charge >= 0.3 is 0 Å². The van der Waals surface area contributed by atoms with Crippen molar-refractivity contribution in [3.63, 3.8) is 0 Å². The Morgan fingerprint density at radius 1 is 1.35 bits per heavy atom. The van der Waals surface area contributed by atoms with Crippen molar-refractivity contribution in [2.45, 2.75) is 38.2 Å². The molecule has 2 atom stereocenters. The van der Waals surface area contributed by atoms with E-state index in [1.54, 1.807) is 13.2 Å². The van der Waals surface area contributed by atoms with Crippen LogP contribution in [0.4, 0.5) is 5.69 Å². The van der Waals surface area contributed by atoms with Crippen LogP contribution in [-0.2, 0) is 4.74 Å². The quantitative estimate of drug-likeness (QED) is 0.549. The minimum Gasteiger partial charge on any atom is -0.495 e. The van der Waals surface area contributed by atoms with Crippen LogP contribution in [0, 0.1) is 5.92 Å². The van der Waals surface area contributed by atoms with E-state index in [2.05, 4.69) is 22.4 Å². The Kier molecular flexibility index (Phi) is 7.17. The van der Waals surface area contributed by atoms with E-state index in [-0.39, 0.29) is 6.10 Å². The lowest BCUT2D eigenvalue weighted by Crippen LogP contribution is -2.43. The topological polar surface area (TPSA) is 33.7 Å². The molecule has 0 amide bonds. The van der Waals surface area contributed by atoms with Crippen molar-refractivity contribution in [1.82, 2.24) is 4.90 Å². The number of ether oxygens (including phenoxy) is 2. The lowest BCUT2D eigenvalue weighted by Gasteiger charge is -2.32. The summed E-state index contributed by atoms with van der Waals surface area (Å²) in [6.45, 7) is 2.64. The first-order chi connectivity index (χ1) is 12.7. The van der Waals surface area contributed by atoms with Gasteiger partial charge in [-0.2, -0.15) is 0 Å². The molecule has 1 aliphatic carbocycles. The highest BCUT2D eigenvalue weighted by Gasteiger charge is 2.24. The van der Waals surface area contributed by atoms with Crippen LogP contribution in [0.15, 0.2) is 30.4 Å². The summed E-state index contributed by atoms with van der Waals surface area (Å²) in [7, 11) is 1.64. The van der Waals surface area contributed by atoms with Crippen LogP contribution in [0.5, 0.6) is 5.75 Å². The monoisotopic (exact) mass is 394 g/mol. The molecule has 3 rings (SSSR count). The summed E-state index contributed by atoms with van der Waals surface area (Å²) in [6.07, 6.45) is 10.6. The first-order valence-corrected chi connectivity index (χ1v) is 10.1. The molecule has 6 heteroatoms. The van der Waals surface area contributed by atoms with E-state index in [1.807, 2.05) is 12.1 Å². The molecule has 0 aromatic heterocycles. The van der Waals surface area contributed by atoms with E-state index in [0.717, 1.165) is 56.2 Å². The molecule has 0 radical (unpaired) electrons. The van der Waals surface area contributed by atoms with Gasteiger partial charge in [-0.3, -0.25) is 0 Å². The van der Waals surface area contributed by atoms with Gasteiger partial charge in [0.05, 0.1) is 18.9 Å². The van der Waals surface area contributed by atoms with Gasteiger partial charge in [0.15, 0.2) is 5.11 Å². The Labute approximate surface area is 166 Å².